The Balaban J connectivity index is 1.84. The third kappa shape index (κ3) is 5.37. The highest BCUT2D eigenvalue weighted by molar-refractivity contribution is 7.99. The molecule has 0 bridgehead atoms. The number of hydrogen-bond donors (Lipinski definition) is 1. The molecule has 0 heterocycles. The number of ether oxygens (including phenoxy) is 2. The number of nitrogens with one attached hydrogen (secondary N) is 1. The van der Waals surface area contributed by atoms with Crippen molar-refractivity contribution in [2.24, 2.45) is 0 Å². The van der Waals surface area contributed by atoms with Crippen molar-refractivity contribution >= 4 is 35.0 Å². The number of hydrogen-bond acceptors (Lipinski definition) is 4. The number of amides is 1. The number of carbonyl (C=O) groups is 1. The molecule has 0 saturated carbocycles. The smallest absolute Gasteiger partial charge is 0.234 e. The maximum Gasteiger partial charge on any atom is 0.234 e. The van der Waals surface area contributed by atoms with Crippen LogP contribution >= 0.6 is 23.4 Å². The van der Waals surface area contributed by atoms with Crippen molar-refractivity contribution in [3.05, 3.63) is 53.1 Å². The zero-order chi connectivity index (χ0) is 16.7. The third-order valence-electron chi connectivity index (χ3n) is 3.10. The summed E-state index contributed by atoms with van der Waals surface area (Å²) in [4.78, 5) is 12.0. The lowest BCUT2D eigenvalue weighted by Gasteiger charge is -2.10. The Kier molecular flexibility index (Phi) is 6.62. The lowest BCUT2D eigenvalue weighted by atomic mass is 10.2. The molecule has 1 amide bonds. The summed E-state index contributed by atoms with van der Waals surface area (Å²) in [5.74, 6) is 2.42. The molecule has 0 radical (unpaired) electrons. The van der Waals surface area contributed by atoms with Crippen LogP contribution in [0.1, 0.15) is 5.56 Å². The lowest BCUT2D eigenvalue weighted by Crippen LogP contribution is -2.14. The summed E-state index contributed by atoms with van der Waals surface area (Å²) in [6.07, 6.45) is 0. The molecule has 0 saturated heterocycles. The Bertz CT molecular complexity index is 661. The molecule has 2 aromatic rings. The molecule has 2 rings (SSSR count). The molecule has 0 aliphatic heterocycles. The molecule has 1 N–H and O–H groups in total. The van der Waals surface area contributed by atoms with Crippen LogP contribution in [0.3, 0.4) is 0 Å². The van der Waals surface area contributed by atoms with E-state index < -0.39 is 0 Å². The second-order valence-electron chi connectivity index (χ2n) is 4.73. The van der Waals surface area contributed by atoms with E-state index in [9.17, 15) is 4.79 Å². The molecule has 6 heteroatoms. The maximum atomic E-state index is 12.0. The molecule has 0 unspecified atom stereocenters. The quantitative estimate of drug-likeness (QED) is 0.811. The van der Waals surface area contributed by atoms with E-state index in [1.165, 1.54) is 11.8 Å². The fourth-order valence-corrected chi connectivity index (χ4v) is 2.91. The third-order valence-corrected chi connectivity index (χ3v) is 4.34. The molecule has 122 valence electrons. The van der Waals surface area contributed by atoms with Gasteiger partial charge in [0.25, 0.3) is 0 Å². The highest BCUT2D eigenvalue weighted by Gasteiger charge is 2.08. The molecule has 0 atom stereocenters. The minimum atomic E-state index is -0.0934. The normalized spacial score (nSPS) is 10.2. The summed E-state index contributed by atoms with van der Waals surface area (Å²) in [5, 5.41) is 3.37. The van der Waals surface area contributed by atoms with Gasteiger partial charge in [0.2, 0.25) is 5.91 Å². The van der Waals surface area contributed by atoms with Crippen LogP contribution in [0, 0.1) is 0 Å². The number of rotatable bonds is 7. The van der Waals surface area contributed by atoms with E-state index in [2.05, 4.69) is 5.32 Å². The predicted molar refractivity (Wildman–Crippen MR) is 95.8 cm³/mol. The van der Waals surface area contributed by atoms with Crippen LogP contribution in [0.4, 0.5) is 5.69 Å². The number of carbonyl (C=O) groups excluding carboxylic acids is 1. The van der Waals surface area contributed by atoms with Gasteiger partial charge in [0, 0.05) is 10.8 Å². The zero-order valence-corrected chi connectivity index (χ0v) is 14.5. The fraction of sp³-hybridized carbons (Fsp3) is 0.235. The maximum absolute atomic E-state index is 12.0. The molecule has 0 fully saturated rings. The van der Waals surface area contributed by atoms with Gasteiger partial charge >= 0.3 is 0 Å². The number of halogens is 1. The molecule has 4 nitrogen and oxygen atoms in total. The van der Waals surface area contributed by atoms with Gasteiger partial charge in [0.15, 0.2) is 0 Å². The summed E-state index contributed by atoms with van der Waals surface area (Å²) >= 11 is 7.48. The molecular formula is C17H18ClNO3S. The average molecular weight is 352 g/mol. The number of benzene rings is 2. The lowest BCUT2D eigenvalue weighted by molar-refractivity contribution is -0.113. The van der Waals surface area contributed by atoms with Gasteiger partial charge in [-0.25, -0.2) is 0 Å². The van der Waals surface area contributed by atoms with Crippen LogP contribution in [0.5, 0.6) is 11.5 Å². The Morgan fingerprint density at radius 1 is 1.13 bits per heavy atom. The monoisotopic (exact) mass is 351 g/mol. The molecule has 23 heavy (non-hydrogen) atoms. The van der Waals surface area contributed by atoms with Gasteiger partial charge in [-0.3, -0.25) is 4.79 Å². The van der Waals surface area contributed by atoms with Crippen LogP contribution in [0.25, 0.3) is 0 Å². The Labute approximate surface area is 145 Å². The summed E-state index contributed by atoms with van der Waals surface area (Å²) in [5.41, 5.74) is 1.72. The van der Waals surface area contributed by atoms with Crippen molar-refractivity contribution in [2.45, 2.75) is 5.75 Å². The van der Waals surface area contributed by atoms with Crippen molar-refractivity contribution in [3.63, 3.8) is 0 Å². The Morgan fingerprint density at radius 2 is 1.87 bits per heavy atom. The Hall–Kier alpha value is -1.85. The summed E-state index contributed by atoms with van der Waals surface area (Å²) < 4.78 is 10.3. The van der Waals surface area contributed by atoms with E-state index in [-0.39, 0.29) is 5.91 Å². The highest BCUT2D eigenvalue weighted by Crippen LogP contribution is 2.28. The van der Waals surface area contributed by atoms with Crippen LogP contribution in [0.15, 0.2) is 42.5 Å². The van der Waals surface area contributed by atoms with Crippen molar-refractivity contribution in [3.8, 4) is 11.5 Å². The first-order chi connectivity index (χ1) is 11.1. The first-order valence-electron chi connectivity index (χ1n) is 6.96. The number of anilines is 1. The van der Waals surface area contributed by atoms with Crippen LogP contribution in [0.2, 0.25) is 5.02 Å². The zero-order valence-electron chi connectivity index (χ0n) is 13.0. The summed E-state index contributed by atoms with van der Waals surface area (Å²) in [6, 6.07) is 12.9. The van der Waals surface area contributed by atoms with E-state index in [1.54, 1.807) is 32.4 Å². The SMILES string of the molecule is COc1ccc(CSCC(=O)Nc2cc(Cl)ccc2OC)cc1. The summed E-state index contributed by atoms with van der Waals surface area (Å²) in [6.45, 7) is 0. The first-order valence-corrected chi connectivity index (χ1v) is 8.49. The van der Waals surface area contributed by atoms with Gasteiger partial charge < -0.3 is 14.8 Å². The fourth-order valence-electron chi connectivity index (χ4n) is 1.95. The van der Waals surface area contributed by atoms with E-state index in [0.29, 0.717) is 22.2 Å². The van der Waals surface area contributed by atoms with Crippen molar-refractivity contribution < 1.29 is 14.3 Å². The van der Waals surface area contributed by atoms with Gasteiger partial charge in [-0.15, -0.1) is 11.8 Å². The van der Waals surface area contributed by atoms with Crippen LogP contribution < -0.4 is 14.8 Å². The van der Waals surface area contributed by atoms with Crippen molar-refractivity contribution in [2.75, 3.05) is 25.3 Å². The standard InChI is InChI=1S/C17H18ClNO3S/c1-21-14-6-3-12(4-7-14)10-23-11-17(20)19-15-9-13(18)5-8-16(15)22-2/h3-9H,10-11H2,1-2H3,(H,19,20). The second-order valence-corrected chi connectivity index (χ2v) is 6.16. The second kappa shape index (κ2) is 8.70. The van der Waals surface area contributed by atoms with E-state index in [0.717, 1.165) is 17.1 Å². The van der Waals surface area contributed by atoms with Crippen LogP contribution in [-0.4, -0.2) is 25.9 Å². The molecule has 0 aliphatic carbocycles. The minimum absolute atomic E-state index is 0.0934. The summed E-state index contributed by atoms with van der Waals surface area (Å²) in [7, 11) is 3.19. The van der Waals surface area contributed by atoms with E-state index in [4.69, 9.17) is 21.1 Å². The Morgan fingerprint density at radius 3 is 2.52 bits per heavy atom. The number of methoxy groups -OCH3 is 2. The van der Waals surface area contributed by atoms with Gasteiger partial charge in [-0.1, -0.05) is 23.7 Å². The van der Waals surface area contributed by atoms with Crippen LogP contribution in [-0.2, 0) is 10.5 Å². The number of thioether (sulfide) groups is 1. The minimum Gasteiger partial charge on any atom is -0.497 e. The highest BCUT2D eigenvalue weighted by atomic mass is 35.5. The van der Waals surface area contributed by atoms with Gasteiger partial charge in [0.1, 0.15) is 11.5 Å². The van der Waals surface area contributed by atoms with Crippen molar-refractivity contribution in [1.29, 1.82) is 0 Å². The molecular weight excluding hydrogens is 334 g/mol. The molecule has 0 spiro atoms. The van der Waals surface area contributed by atoms with E-state index in [1.807, 2.05) is 24.3 Å². The van der Waals surface area contributed by atoms with E-state index >= 15 is 0 Å². The van der Waals surface area contributed by atoms with Gasteiger partial charge in [-0.2, -0.15) is 0 Å². The first kappa shape index (κ1) is 17.5. The predicted octanol–water partition coefficient (Wildman–Crippen LogP) is 4.23. The largest absolute Gasteiger partial charge is 0.497 e. The molecule has 0 aromatic heterocycles. The molecule has 2 aromatic carbocycles. The van der Waals surface area contributed by atoms with Crippen molar-refractivity contribution in [1.82, 2.24) is 0 Å². The average Bonchev–Trinajstić information content (AvgIpc) is 2.56. The van der Waals surface area contributed by atoms with Gasteiger partial charge in [0.05, 0.1) is 25.7 Å². The van der Waals surface area contributed by atoms with Gasteiger partial charge in [-0.05, 0) is 35.9 Å². The molecule has 0 aliphatic rings. The topological polar surface area (TPSA) is 47.6 Å².